The minimum Gasteiger partial charge on any atom is -0.452 e. The Hall–Kier alpha value is -2.32. The van der Waals surface area contributed by atoms with Crippen LogP contribution < -0.4 is 20.9 Å². The summed E-state index contributed by atoms with van der Waals surface area (Å²) in [4.78, 5) is 28.4. The van der Waals surface area contributed by atoms with Gasteiger partial charge in [-0.15, -0.1) is 0 Å². The molecule has 2 amide bonds. The van der Waals surface area contributed by atoms with Gasteiger partial charge in [-0.3, -0.25) is 9.80 Å². The van der Waals surface area contributed by atoms with Crippen LogP contribution in [0.2, 0.25) is 0 Å². The molecular formula is C22H36N4O4. The maximum Gasteiger partial charge on any atom is 0.414 e. The molecule has 1 unspecified atom stereocenters. The lowest BCUT2D eigenvalue weighted by atomic mass is 9.95. The molecule has 2 rings (SSSR count). The molecule has 0 spiro atoms. The van der Waals surface area contributed by atoms with E-state index in [1.807, 2.05) is 39.0 Å². The Labute approximate surface area is 179 Å². The van der Waals surface area contributed by atoms with E-state index in [9.17, 15) is 9.59 Å². The Morgan fingerprint density at radius 1 is 1.23 bits per heavy atom. The number of anilines is 2. The normalized spacial score (nSPS) is 17.6. The molecule has 1 aromatic carbocycles. The highest BCUT2D eigenvalue weighted by Crippen LogP contribution is 2.38. The van der Waals surface area contributed by atoms with Crippen LogP contribution in [0.4, 0.5) is 21.0 Å². The van der Waals surface area contributed by atoms with Gasteiger partial charge in [0.2, 0.25) is 0 Å². The maximum atomic E-state index is 12.8. The Morgan fingerprint density at radius 2 is 1.90 bits per heavy atom. The lowest BCUT2D eigenvalue weighted by Gasteiger charge is -2.40. The minimum atomic E-state index is -0.460. The zero-order chi connectivity index (χ0) is 22.6. The summed E-state index contributed by atoms with van der Waals surface area (Å²) in [5.41, 5.74) is 8.26. The minimum absolute atomic E-state index is 0.0359. The molecule has 30 heavy (non-hydrogen) atoms. The van der Waals surface area contributed by atoms with E-state index in [0.29, 0.717) is 31.0 Å². The van der Waals surface area contributed by atoms with Gasteiger partial charge in [-0.25, -0.2) is 9.59 Å². The predicted molar refractivity (Wildman–Crippen MR) is 119 cm³/mol. The second-order valence-corrected chi connectivity index (χ2v) is 9.04. The molecule has 3 N–H and O–H groups in total. The average molecular weight is 421 g/mol. The summed E-state index contributed by atoms with van der Waals surface area (Å²) in [5.74, 6) is 0.0587. The van der Waals surface area contributed by atoms with Crippen LogP contribution in [0.3, 0.4) is 0 Å². The summed E-state index contributed by atoms with van der Waals surface area (Å²) in [7, 11) is 1.35. The first-order chi connectivity index (χ1) is 14.0. The lowest BCUT2D eigenvalue weighted by Crippen LogP contribution is -2.52. The Morgan fingerprint density at radius 3 is 2.43 bits per heavy atom. The molecule has 0 saturated heterocycles. The van der Waals surface area contributed by atoms with Crippen LogP contribution in [0.15, 0.2) is 18.2 Å². The maximum absolute atomic E-state index is 12.8. The van der Waals surface area contributed by atoms with Crippen molar-refractivity contribution >= 4 is 23.6 Å². The van der Waals surface area contributed by atoms with E-state index in [4.69, 9.17) is 15.2 Å². The standard InChI is InChI=1S/C22H36N4O4/c1-14(2)30-20(27)25-13-15(3)26(21(28)29-7)18-9-8-16(10-19(18)25)17(11-23)12-24-22(4,5)6/h8-10,14-15,17,24H,11-13,23H2,1-7H3/t15-,17?/m0/s1. The molecule has 0 saturated carbocycles. The molecule has 1 aliphatic heterocycles. The molecule has 1 heterocycles. The molecule has 0 aromatic heterocycles. The number of fused-ring (bicyclic) bond motifs is 1. The van der Waals surface area contributed by atoms with Gasteiger partial charge in [0.15, 0.2) is 0 Å². The van der Waals surface area contributed by atoms with Crippen molar-refractivity contribution in [1.82, 2.24) is 5.32 Å². The third kappa shape index (κ3) is 5.64. The number of carbonyl (C=O) groups excluding carboxylic acids is 2. The van der Waals surface area contributed by atoms with Crippen LogP contribution in [0.5, 0.6) is 0 Å². The van der Waals surface area contributed by atoms with Gasteiger partial charge in [-0.2, -0.15) is 0 Å². The number of nitrogens with two attached hydrogens (primary N) is 1. The molecular weight excluding hydrogens is 384 g/mol. The van der Waals surface area contributed by atoms with Crippen molar-refractivity contribution in [2.24, 2.45) is 5.73 Å². The number of rotatable bonds is 5. The van der Waals surface area contributed by atoms with Gasteiger partial charge in [0.25, 0.3) is 0 Å². The average Bonchev–Trinajstić information content (AvgIpc) is 2.65. The van der Waals surface area contributed by atoms with E-state index in [-0.39, 0.29) is 23.6 Å². The number of methoxy groups -OCH3 is 1. The van der Waals surface area contributed by atoms with Crippen LogP contribution in [0.25, 0.3) is 0 Å². The molecule has 0 aliphatic carbocycles. The van der Waals surface area contributed by atoms with E-state index >= 15 is 0 Å². The number of hydrogen-bond donors (Lipinski definition) is 2. The third-order valence-electron chi connectivity index (χ3n) is 5.00. The number of carbonyl (C=O) groups is 2. The van der Waals surface area contributed by atoms with Gasteiger partial charge in [0.05, 0.1) is 37.2 Å². The fraction of sp³-hybridized carbons (Fsp3) is 0.636. The molecule has 1 aromatic rings. The fourth-order valence-corrected chi connectivity index (χ4v) is 3.48. The summed E-state index contributed by atoms with van der Waals surface area (Å²) >= 11 is 0. The summed E-state index contributed by atoms with van der Waals surface area (Å²) in [6.07, 6.45) is -1.14. The van der Waals surface area contributed by atoms with Gasteiger partial charge in [-0.1, -0.05) is 6.07 Å². The Bertz CT molecular complexity index is 760. The number of nitrogens with zero attached hydrogens (tertiary/aromatic N) is 2. The van der Waals surface area contributed by atoms with Gasteiger partial charge in [-0.05, 0) is 59.2 Å². The van der Waals surface area contributed by atoms with Crippen LogP contribution in [0, 0.1) is 0 Å². The van der Waals surface area contributed by atoms with Crippen LogP contribution in [-0.2, 0) is 9.47 Å². The first-order valence-corrected chi connectivity index (χ1v) is 10.4. The topological polar surface area (TPSA) is 97.1 Å². The van der Waals surface area contributed by atoms with Crippen molar-refractivity contribution in [3.63, 3.8) is 0 Å². The zero-order valence-electron chi connectivity index (χ0n) is 19.2. The number of ether oxygens (including phenoxy) is 2. The second-order valence-electron chi connectivity index (χ2n) is 9.04. The van der Waals surface area contributed by atoms with Crippen LogP contribution in [0.1, 0.15) is 53.0 Å². The van der Waals surface area contributed by atoms with Crippen molar-refractivity contribution < 1.29 is 19.1 Å². The summed E-state index contributed by atoms with van der Waals surface area (Å²) < 4.78 is 10.4. The molecule has 2 atom stereocenters. The Kier molecular flexibility index (Phi) is 7.71. The fourth-order valence-electron chi connectivity index (χ4n) is 3.48. The molecule has 0 radical (unpaired) electrons. The van der Waals surface area contributed by atoms with Crippen LogP contribution in [-0.4, -0.2) is 56.6 Å². The third-order valence-corrected chi connectivity index (χ3v) is 5.00. The van der Waals surface area contributed by atoms with E-state index in [2.05, 4.69) is 26.1 Å². The van der Waals surface area contributed by atoms with E-state index in [1.54, 1.807) is 9.80 Å². The van der Waals surface area contributed by atoms with Gasteiger partial charge in [0, 0.05) is 24.5 Å². The van der Waals surface area contributed by atoms with Gasteiger partial charge >= 0.3 is 12.2 Å². The number of benzene rings is 1. The molecule has 8 nitrogen and oxygen atoms in total. The highest BCUT2D eigenvalue weighted by molar-refractivity contribution is 6.00. The van der Waals surface area contributed by atoms with Crippen LogP contribution >= 0.6 is 0 Å². The van der Waals surface area contributed by atoms with E-state index < -0.39 is 12.2 Å². The van der Waals surface area contributed by atoms with E-state index in [0.717, 1.165) is 5.56 Å². The molecule has 0 fully saturated rings. The largest absolute Gasteiger partial charge is 0.452 e. The van der Waals surface area contributed by atoms with Crippen molar-refractivity contribution in [1.29, 1.82) is 0 Å². The number of amides is 2. The number of nitrogens with one attached hydrogen (secondary N) is 1. The van der Waals surface area contributed by atoms with E-state index in [1.165, 1.54) is 7.11 Å². The lowest BCUT2D eigenvalue weighted by molar-refractivity contribution is 0.121. The predicted octanol–water partition coefficient (Wildman–Crippen LogP) is 3.44. The smallest absolute Gasteiger partial charge is 0.414 e. The first-order valence-electron chi connectivity index (χ1n) is 10.4. The van der Waals surface area contributed by atoms with Gasteiger partial charge < -0.3 is 20.5 Å². The highest BCUT2D eigenvalue weighted by Gasteiger charge is 2.37. The summed E-state index contributed by atoms with van der Waals surface area (Å²) in [6.45, 7) is 13.3. The van der Waals surface area contributed by atoms with Gasteiger partial charge in [0.1, 0.15) is 0 Å². The molecule has 0 bridgehead atoms. The second kappa shape index (κ2) is 9.66. The monoisotopic (exact) mass is 420 g/mol. The van der Waals surface area contributed by atoms with Crippen molar-refractivity contribution in [2.45, 2.75) is 65.1 Å². The van der Waals surface area contributed by atoms with Crippen molar-refractivity contribution in [3.8, 4) is 0 Å². The SMILES string of the molecule is COC(=O)N1c2ccc(C(CN)CNC(C)(C)C)cc2N(C(=O)OC(C)C)C[C@@H]1C. The first kappa shape index (κ1) is 24.0. The Balaban J connectivity index is 2.48. The van der Waals surface area contributed by atoms with Crippen molar-refractivity contribution in [2.75, 3.05) is 36.5 Å². The highest BCUT2D eigenvalue weighted by atomic mass is 16.6. The quantitative estimate of drug-likeness (QED) is 0.757. The molecule has 8 heteroatoms. The molecule has 168 valence electrons. The summed E-state index contributed by atoms with van der Waals surface area (Å²) in [6, 6.07) is 5.48. The van der Waals surface area contributed by atoms with Crippen molar-refractivity contribution in [3.05, 3.63) is 23.8 Å². The summed E-state index contributed by atoms with van der Waals surface area (Å²) in [5, 5.41) is 3.48. The molecule has 1 aliphatic rings. The number of hydrogen-bond acceptors (Lipinski definition) is 6. The zero-order valence-corrected chi connectivity index (χ0v) is 19.2.